The Morgan fingerprint density at radius 1 is 1.44 bits per heavy atom. The van der Waals surface area contributed by atoms with Gasteiger partial charge in [-0.25, -0.2) is 4.39 Å². The van der Waals surface area contributed by atoms with Crippen LogP contribution in [-0.4, -0.2) is 22.6 Å². The monoisotopic (exact) mass is 285 g/mol. The molecule has 0 saturated heterocycles. The Balaban J connectivity index is 2.35. The summed E-state index contributed by atoms with van der Waals surface area (Å²) >= 11 is 6.60. The molecule has 2 aromatic rings. The molecule has 2 rings (SSSR count). The molecule has 0 aliphatic carbocycles. The van der Waals surface area contributed by atoms with Gasteiger partial charge in [0.2, 0.25) is 9.47 Å². The number of aromatic nitrogens is 2. The highest BCUT2D eigenvalue weighted by atomic mass is 35.5. The average Bonchev–Trinajstić information content (AvgIpc) is 2.79. The van der Waals surface area contributed by atoms with Crippen LogP contribution in [0.3, 0.4) is 0 Å². The summed E-state index contributed by atoms with van der Waals surface area (Å²) in [5.74, 6) is -0.865. The number of benzene rings is 1. The van der Waals surface area contributed by atoms with E-state index in [-0.39, 0.29) is 15.2 Å². The Kier molecular flexibility index (Phi) is 3.88. The average molecular weight is 286 g/mol. The van der Waals surface area contributed by atoms with Crippen molar-refractivity contribution >= 4 is 34.5 Å². The maximum atomic E-state index is 13.7. The van der Waals surface area contributed by atoms with Gasteiger partial charge in [0, 0.05) is 6.54 Å². The van der Waals surface area contributed by atoms with Gasteiger partial charge in [-0.3, -0.25) is 4.79 Å². The maximum absolute atomic E-state index is 13.7. The number of halogens is 2. The predicted molar refractivity (Wildman–Crippen MR) is 68.7 cm³/mol. The molecule has 4 nitrogen and oxygen atoms in total. The summed E-state index contributed by atoms with van der Waals surface area (Å²) in [6.45, 7) is 2.09. The molecule has 0 atom stereocenters. The smallest absolute Gasteiger partial charge is 0.289 e. The molecule has 1 aromatic carbocycles. The molecule has 0 unspecified atom stereocenters. The molecule has 0 N–H and O–H groups in total. The lowest BCUT2D eigenvalue weighted by Gasteiger charge is -2.19. The first-order valence-corrected chi connectivity index (χ1v) is 6.38. The third kappa shape index (κ3) is 2.49. The van der Waals surface area contributed by atoms with E-state index in [0.717, 1.165) is 11.3 Å². The minimum atomic E-state index is -0.455. The van der Waals surface area contributed by atoms with Gasteiger partial charge in [0.25, 0.3) is 5.91 Å². The van der Waals surface area contributed by atoms with Crippen LogP contribution in [0.1, 0.15) is 16.7 Å². The first kappa shape index (κ1) is 12.9. The van der Waals surface area contributed by atoms with E-state index < -0.39 is 11.7 Å². The van der Waals surface area contributed by atoms with Crippen LogP contribution < -0.4 is 4.90 Å². The number of amides is 1. The van der Waals surface area contributed by atoms with E-state index in [9.17, 15) is 9.18 Å². The highest BCUT2D eigenvalue weighted by molar-refractivity contribution is 7.17. The molecule has 1 amide bonds. The van der Waals surface area contributed by atoms with E-state index in [1.54, 1.807) is 25.1 Å². The van der Waals surface area contributed by atoms with E-state index in [1.807, 2.05) is 0 Å². The fourth-order valence-electron chi connectivity index (χ4n) is 1.50. The van der Waals surface area contributed by atoms with Gasteiger partial charge < -0.3 is 4.90 Å². The van der Waals surface area contributed by atoms with Crippen LogP contribution in [-0.2, 0) is 0 Å². The van der Waals surface area contributed by atoms with Crippen LogP contribution in [0, 0.1) is 5.82 Å². The Bertz CT molecular complexity index is 575. The van der Waals surface area contributed by atoms with Crippen LogP contribution in [0.5, 0.6) is 0 Å². The zero-order valence-electron chi connectivity index (χ0n) is 9.43. The van der Waals surface area contributed by atoms with Crippen molar-refractivity contribution in [1.82, 2.24) is 10.2 Å². The number of hydrogen-bond donors (Lipinski definition) is 0. The van der Waals surface area contributed by atoms with E-state index in [4.69, 9.17) is 11.6 Å². The largest absolute Gasteiger partial charge is 0.304 e. The van der Waals surface area contributed by atoms with E-state index >= 15 is 0 Å². The van der Waals surface area contributed by atoms with Crippen LogP contribution in [0.4, 0.5) is 10.1 Å². The number of carbonyl (C=O) groups is 1. The Morgan fingerprint density at radius 2 is 2.17 bits per heavy atom. The normalized spacial score (nSPS) is 10.4. The molecule has 0 fully saturated rings. The third-order valence-electron chi connectivity index (χ3n) is 2.29. The van der Waals surface area contributed by atoms with Crippen molar-refractivity contribution in [2.24, 2.45) is 0 Å². The van der Waals surface area contributed by atoms with Crippen molar-refractivity contribution in [2.75, 3.05) is 11.4 Å². The number of para-hydroxylation sites is 1. The van der Waals surface area contributed by atoms with Crippen molar-refractivity contribution < 1.29 is 9.18 Å². The van der Waals surface area contributed by atoms with Crippen LogP contribution in [0.2, 0.25) is 4.47 Å². The standard InChI is InChI=1S/C11H9ClFN3OS/c1-2-16(8-6-4-3-5-7(8)13)10(17)9-14-15-11(12)18-9/h3-6H,2H2,1H3. The number of hydrogen-bond acceptors (Lipinski definition) is 4. The highest BCUT2D eigenvalue weighted by Crippen LogP contribution is 2.23. The highest BCUT2D eigenvalue weighted by Gasteiger charge is 2.22. The van der Waals surface area contributed by atoms with Crippen LogP contribution in [0.25, 0.3) is 0 Å². The van der Waals surface area contributed by atoms with Crippen LogP contribution in [0.15, 0.2) is 24.3 Å². The first-order chi connectivity index (χ1) is 8.63. The van der Waals surface area contributed by atoms with Crippen molar-refractivity contribution in [3.63, 3.8) is 0 Å². The molecule has 0 bridgehead atoms. The molecule has 1 aromatic heterocycles. The van der Waals surface area contributed by atoms with E-state index in [1.165, 1.54) is 11.0 Å². The fraction of sp³-hybridized carbons (Fsp3) is 0.182. The van der Waals surface area contributed by atoms with Crippen molar-refractivity contribution in [3.8, 4) is 0 Å². The third-order valence-corrected chi connectivity index (χ3v) is 3.29. The fourth-order valence-corrected chi connectivity index (χ4v) is 2.28. The first-order valence-electron chi connectivity index (χ1n) is 5.19. The van der Waals surface area contributed by atoms with Gasteiger partial charge in [-0.1, -0.05) is 23.5 Å². The molecule has 0 spiro atoms. The molecular formula is C11H9ClFN3OS. The summed E-state index contributed by atoms with van der Waals surface area (Å²) in [7, 11) is 0. The van der Waals surface area contributed by atoms with Crippen molar-refractivity contribution in [3.05, 3.63) is 39.6 Å². The van der Waals surface area contributed by atoms with E-state index in [2.05, 4.69) is 10.2 Å². The lowest BCUT2D eigenvalue weighted by Crippen LogP contribution is -2.31. The number of rotatable bonds is 3. The van der Waals surface area contributed by atoms with Gasteiger partial charge in [0.1, 0.15) is 5.82 Å². The topological polar surface area (TPSA) is 46.1 Å². The molecule has 0 radical (unpaired) electrons. The lowest BCUT2D eigenvalue weighted by molar-refractivity contribution is 0.0986. The van der Waals surface area contributed by atoms with Crippen molar-refractivity contribution in [2.45, 2.75) is 6.92 Å². The molecule has 0 aliphatic rings. The second-order valence-electron chi connectivity index (χ2n) is 3.36. The summed E-state index contributed by atoms with van der Waals surface area (Å²) in [5, 5.41) is 7.37. The number of carbonyl (C=O) groups excluding carboxylic acids is 1. The zero-order valence-corrected chi connectivity index (χ0v) is 11.0. The van der Waals surface area contributed by atoms with Gasteiger partial charge in [0.05, 0.1) is 5.69 Å². The maximum Gasteiger partial charge on any atom is 0.289 e. The predicted octanol–water partition coefficient (Wildman–Crippen LogP) is 3.00. The van der Waals surface area contributed by atoms with Crippen LogP contribution >= 0.6 is 22.9 Å². The molecular weight excluding hydrogens is 277 g/mol. The molecule has 0 aliphatic heterocycles. The molecule has 0 saturated carbocycles. The molecule has 94 valence electrons. The van der Waals surface area contributed by atoms with Gasteiger partial charge in [-0.05, 0) is 30.7 Å². The summed E-state index contributed by atoms with van der Waals surface area (Å²) in [6.07, 6.45) is 0. The SMILES string of the molecule is CCN(C(=O)c1nnc(Cl)s1)c1ccccc1F. The number of nitrogens with zero attached hydrogens (tertiary/aromatic N) is 3. The molecule has 1 heterocycles. The Morgan fingerprint density at radius 3 is 2.72 bits per heavy atom. The zero-order chi connectivity index (χ0) is 13.1. The second kappa shape index (κ2) is 5.41. The van der Waals surface area contributed by atoms with Gasteiger partial charge in [0.15, 0.2) is 0 Å². The summed E-state index contributed by atoms with van der Waals surface area (Å²) in [4.78, 5) is 13.4. The van der Waals surface area contributed by atoms with Gasteiger partial charge >= 0.3 is 0 Å². The second-order valence-corrected chi connectivity index (χ2v) is 4.92. The Hall–Kier alpha value is -1.53. The lowest BCUT2D eigenvalue weighted by atomic mass is 10.2. The quantitative estimate of drug-likeness (QED) is 0.871. The molecule has 7 heteroatoms. The summed E-state index contributed by atoms with van der Waals surface area (Å²) in [6, 6.07) is 6.08. The molecule has 18 heavy (non-hydrogen) atoms. The summed E-state index contributed by atoms with van der Waals surface area (Å²) in [5.41, 5.74) is 0.219. The Labute approximate surface area is 112 Å². The minimum absolute atomic E-state index is 0.144. The minimum Gasteiger partial charge on any atom is -0.304 e. The van der Waals surface area contributed by atoms with Gasteiger partial charge in [-0.2, -0.15) is 0 Å². The summed E-state index contributed by atoms with van der Waals surface area (Å²) < 4.78 is 13.8. The van der Waals surface area contributed by atoms with Gasteiger partial charge in [-0.15, -0.1) is 10.2 Å². The van der Waals surface area contributed by atoms with E-state index in [0.29, 0.717) is 6.54 Å². The van der Waals surface area contributed by atoms with Crippen molar-refractivity contribution in [1.29, 1.82) is 0 Å². The number of anilines is 1.